The third kappa shape index (κ3) is 2.96. The zero-order valence-electron chi connectivity index (χ0n) is 19.4. The molecule has 0 radical (unpaired) electrons. The zero-order chi connectivity index (χ0) is 24.1. The van der Waals surface area contributed by atoms with E-state index in [4.69, 9.17) is 18.9 Å². The second kappa shape index (κ2) is 8.33. The van der Waals surface area contributed by atoms with E-state index in [2.05, 4.69) is 0 Å². The lowest BCUT2D eigenvalue weighted by atomic mass is 9.78. The Labute approximate surface area is 191 Å². The summed E-state index contributed by atoms with van der Waals surface area (Å²) in [5.74, 6) is -4.01. The molecule has 3 aliphatic heterocycles. The Morgan fingerprint density at radius 2 is 1.58 bits per heavy atom. The van der Waals surface area contributed by atoms with E-state index in [0.717, 1.165) is 10.5 Å². The second-order valence-corrected chi connectivity index (χ2v) is 8.24. The molecule has 0 spiro atoms. The van der Waals surface area contributed by atoms with E-state index in [0.29, 0.717) is 23.5 Å². The normalized spacial score (nSPS) is 25.2. The van der Waals surface area contributed by atoms with Gasteiger partial charge in [-0.3, -0.25) is 19.4 Å². The minimum atomic E-state index is -2.05. The van der Waals surface area contributed by atoms with Gasteiger partial charge in [0.2, 0.25) is 17.4 Å². The van der Waals surface area contributed by atoms with E-state index >= 15 is 0 Å². The molecule has 0 bridgehead atoms. The molecule has 2 amide bonds. The number of benzene rings is 1. The van der Waals surface area contributed by atoms with Crippen molar-refractivity contribution in [3.05, 3.63) is 23.3 Å². The van der Waals surface area contributed by atoms with Gasteiger partial charge in [0.1, 0.15) is 0 Å². The highest BCUT2D eigenvalue weighted by Gasteiger charge is 2.76. The molecule has 33 heavy (non-hydrogen) atoms. The lowest BCUT2D eigenvalue weighted by molar-refractivity contribution is -0.179. The molecular formula is C23H28N2O8. The first-order valence-corrected chi connectivity index (χ1v) is 11.0. The average molecular weight is 460 g/mol. The Kier molecular flexibility index (Phi) is 5.81. The molecule has 10 nitrogen and oxygen atoms in total. The fraction of sp³-hybridized carbons (Fsp3) is 0.565. The number of likely N-dealkylation sites (tertiary alicyclic amines) is 1. The van der Waals surface area contributed by atoms with Crippen LogP contribution < -0.4 is 9.47 Å². The van der Waals surface area contributed by atoms with Crippen LogP contribution in [-0.2, 0) is 35.1 Å². The first kappa shape index (κ1) is 23.0. The molecule has 3 heterocycles. The van der Waals surface area contributed by atoms with Crippen LogP contribution in [0.5, 0.6) is 11.5 Å². The van der Waals surface area contributed by atoms with Crippen molar-refractivity contribution in [3.63, 3.8) is 0 Å². The lowest BCUT2D eigenvalue weighted by Gasteiger charge is -2.42. The molecule has 10 heteroatoms. The monoisotopic (exact) mass is 460 g/mol. The Hall–Kier alpha value is -3.14. The molecule has 4 rings (SSSR count). The van der Waals surface area contributed by atoms with Crippen LogP contribution in [0, 0.1) is 11.8 Å². The van der Waals surface area contributed by atoms with Crippen LogP contribution in [0.2, 0.25) is 0 Å². The third-order valence-electron chi connectivity index (χ3n) is 6.91. The Balaban J connectivity index is 1.98. The largest absolute Gasteiger partial charge is 0.493 e. The first-order valence-electron chi connectivity index (χ1n) is 11.0. The molecule has 1 unspecified atom stereocenters. The van der Waals surface area contributed by atoms with Crippen molar-refractivity contribution in [1.29, 1.82) is 0 Å². The summed E-state index contributed by atoms with van der Waals surface area (Å²) in [5, 5.41) is 0. The van der Waals surface area contributed by atoms with Gasteiger partial charge in [0, 0.05) is 19.6 Å². The van der Waals surface area contributed by atoms with Crippen LogP contribution in [0.4, 0.5) is 0 Å². The maximum absolute atomic E-state index is 13.5. The number of fused-ring (bicyclic) bond motifs is 5. The van der Waals surface area contributed by atoms with Gasteiger partial charge < -0.3 is 18.9 Å². The van der Waals surface area contributed by atoms with Gasteiger partial charge in [-0.15, -0.1) is 0 Å². The van der Waals surface area contributed by atoms with Crippen molar-refractivity contribution >= 4 is 23.8 Å². The van der Waals surface area contributed by atoms with Crippen molar-refractivity contribution < 1.29 is 38.1 Å². The number of amides is 2. The summed E-state index contributed by atoms with van der Waals surface area (Å²) in [7, 11) is 4.40. The summed E-state index contributed by atoms with van der Waals surface area (Å²) in [6.45, 7) is 3.51. The number of methoxy groups -OCH3 is 2. The number of imide groups is 1. The van der Waals surface area contributed by atoms with Gasteiger partial charge in [-0.2, -0.15) is 0 Å². The molecule has 0 N–H and O–H groups in total. The smallest absolute Gasteiger partial charge is 0.339 e. The van der Waals surface area contributed by atoms with Crippen molar-refractivity contribution in [1.82, 2.24) is 9.80 Å². The number of ether oxygens (including phenoxy) is 4. The van der Waals surface area contributed by atoms with Gasteiger partial charge in [-0.1, -0.05) is 0 Å². The van der Waals surface area contributed by atoms with Crippen LogP contribution in [-0.4, -0.2) is 80.1 Å². The van der Waals surface area contributed by atoms with E-state index in [1.165, 1.54) is 21.3 Å². The summed E-state index contributed by atoms with van der Waals surface area (Å²) in [5.41, 5.74) is -0.448. The zero-order valence-corrected chi connectivity index (χ0v) is 19.4. The van der Waals surface area contributed by atoms with Crippen LogP contribution in [0.15, 0.2) is 12.1 Å². The fourth-order valence-electron chi connectivity index (χ4n) is 5.59. The SMILES string of the molecule is CCOC(=O)C1(C(=O)OCC)[C@H]2C(=O)N(C)C(=O)[C@H]2C2c3cc(OC)c(OC)cc3CCN21. The fourth-order valence-corrected chi connectivity index (χ4v) is 5.59. The molecule has 2 saturated heterocycles. The molecule has 3 atom stereocenters. The summed E-state index contributed by atoms with van der Waals surface area (Å²) in [4.78, 5) is 56.2. The van der Waals surface area contributed by atoms with E-state index < -0.39 is 47.2 Å². The summed E-state index contributed by atoms with van der Waals surface area (Å²) >= 11 is 0. The van der Waals surface area contributed by atoms with E-state index in [-0.39, 0.29) is 19.8 Å². The minimum Gasteiger partial charge on any atom is -0.493 e. The Morgan fingerprint density at radius 1 is 1.00 bits per heavy atom. The van der Waals surface area contributed by atoms with Gasteiger partial charge in [0.15, 0.2) is 11.5 Å². The highest BCUT2D eigenvalue weighted by atomic mass is 16.6. The summed E-state index contributed by atoms with van der Waals surface area (Å²) < 4.78 is 21.6. The first-order chi connectivity index (χ1) is 15.8. The highest BCUT2D eigenvalue weighted by molar-refractivity contribution is 6.16. The number of hydrogen-bond donors (Lipinski definition) is 0. The standard InChI is InChI=1S/C23H28N2O8/c1-6-32-21(28)23(22(29)33-7-2)17-16(19(26)24(3)20(17)27)18-13-11-15(31-5)14(30-4)10-12(13)8-9-25(18)23/h10-11,16-18H,6-9H2,1-5H3/t16-,17-,18?/m1/s1. The average Bonchev–Trinajstić information content (AvgIpc) is 3.24. The molecule has 0 aromatic heterocycles. The van der Waals surface area contributed by atoms with Crippen molar-refractivity contribution in [2.45, 2.75) is 31.8 Å². The van der Waals surface area contributed by atoms with Gasteiger partial charge in [-0.25, -0.2) is 9.59 Å². The number of nitrogens with zero attached hydrogens (tertiary/aromatic N) is 2. The lowest BCUT2D eigenvalue weighted by Crippen LogP contribution is -2.64. The minimum absolute atomic E-state index is 0.00939. The van der Waals surface area contributed by atoms with E-state index in [9.17, 15) is 19.2 Å². The maximum atomic E-state index is 13.5. The maximum Gasteiger partial charge on any atom is 0.339 e. The predicted octanol–water partition coefficient (Wildman–Crippen LogP) is 0.713. The molecule has 0 saturated carbocycles. The van der Waals surface area contributed by atoms with Crippen molar-refractivity contribution in [2.24, 2.45) is 11.8 Å². The molecule has 2 fully saturated rings. The summed E-state index contributed by atoms with van der Waals surface area (Å²) in [6.07, 6.45) is 0.463. The third-order valence-corrected chi connectivity index (χ3v) is 6.91. The predicted molar refractivity (Wildman–Crippen MR) is 113 cm³/mol. The molecular weight excluding hydrogens is 432 g/mol. The van der Waals surface area contributed by atoms with Crippen LogP contribution in [0.3, 0.4) is 0 Å². The second-order valence-electron chi connectivity index (χ2n) is 8.24. The van der Waals surface area contributed by atoms with Crippen LogP contribution in [0.25, 0.3) is 0 Å². The van der Waals surface area contributed by atoms with Gasteiger partial charge in [-0.05, 0) is 43.5 Å². The van der Waals surface area contributed by atoms with Crippen molar-refractivity contribution in [3.8, 4) is 11.5 Å². The highest BCUT2D eigenvalue weighted by Crippen LogP contribution is 2.58. The number of carbonyl (C=O) groups is 4. The van der Waals surface area contributed by atoms with Gasteiger partial charge in [0.25, 0.3) is 0 Å². The van der Waals surface area contributed by atoms with E-state index in [1.54, 1.807) is 24.8 Å². The number of rotatable bonds is 6. The molecule has 1 aromatic carbocycles. The summed E-state index contributed by atoms with van der Waals surface area (Å²) in [6, 6.07) is 2.87. The number of carbonyl (C=O) groups excluding carboxylic acids is 4. The number of hydrogen-bond acceptors (Lipinski definition) is 9. The van der Waals surface area contributed by atoms with Crippen LogP contribution in [0.1, 0.15) is 31.0 Å². The van der Waals surface area contributed by atoms with Gasteiger partial charge in [0.05, 0.1) is 39.3 Å². The van der Waals surface area contributed by atoms with Crippen molar-refractivity contribution in [2.75, 3.05) is 41.0 Å². The molecule has 0 aliphatic carbocycles. The molecule has 1 aromatic rings. The van der Waals surface area contributed by atoms with Gasteiger partial charge >= 0.3 is 11.9 Å². The number of esters is 2. The topological polar surface area (TPSA) is 112 Å². The Morgan fingerprint density at radius 3 is 2.12 bits per heavy atom. The van der Waals surface area contributed by atoms with E-state index in [1.807, 2.05) is 6.07 Å². The molecule has 3 aliphatic rings. The Bertz CT molecular complexity index is 1000. The molecule has 178 valence electrons. The van der Waals surface area contributed by atoms with Crippen LogP contribution >= 0.6 is 0 Å². The quantitative estimate of drug-likeness (QED) is 0.344.